The van der Waals surface area contributed by atoms with Gasteiger partial charge in [0.2, 0.25) is 10.0 Å². The van der Waals surface area contributed by atoms with Gasteiger partial charge in [0.05, 0.1) is 11.6 Å². The van der Waals surface area contributed by atoms with Crippen LogP contribution in [-0.2, 0) is 10.0 Å². The molecule has 1 unspecified atom stereocenters. The molecule has 118 valence electrons. The molecule has 0 fully saturated rings. The fourth-order valence-electron chi connectivity index (χ4n) is 1.62. The zero-order chi connectivity index (χ0) is 16.2. The average Bonchev–Trinajstić information content (AvgIpc) is 2.42. The second kappa shape index (κ2) is 7.24. The minimum Gasteiger partial charge on any atom is -0.494 e. The van der Waals surface area contributed by atoms with E-state index in [0.29, 0.717) is 16.9 Å². The summed E-state index contributed by atoms with van der Waals surface area (Å²) in [5, 5.41) is 7.91. The van der Waals surface area contributed by atoms with Gasteiger partial charge in [0.25, 0.3) is 5.91 Å². The number of rotatable bonds is 6. The van der Waals surface area contributed by atoms with Gasteiger partial charge < -0.3 is 10.1 Å². The summed E-state index contributed by atoms with van der Waals surface area (Å²) in [7, 11) is -2.66. The summed E-state index contributed by atoms with van der Waals surface area (Å²) in [5.74, 6) is 0.0629. The smallest absolute Gasteiger partial charge is 0.251 e. The van der Waals surface area contributed by atoms with Crippen LogP contribution in [0.15, 0.2) is 21.5 Å². The van der Waals surface area contributed by atoms with Gasteiger partial charge in [-0.2, -0.15) is 0 Å². The van der Waals surface area contributed by atoms with Gasteiger partial charge in [0.15, 0.2) is 5.75 Å². The lowest BCUT2D eigenvalue weighted by atomic mass is 10.1. The number of carbonyl (C=O) groups excluding carboxylic acids is 1. The number of nitrogens with one attached hydrogen (secondary N) is 1. The van der Waals surface area contributed by atoms with E-state index in [2.05, 4.69) is 21.2 Å². The van der Waals surface area contributed by atoms with Crippen LogP contribution in [0.3, 0.4) is 0 Å². The molecule has 0 aromatic heterocycles. The Balaban J connectivity index is 3.16. The Morgan fingerprint density at radius 2 is 2.10 bits per heavy atom. The highest BCUT2D eigenvalue weighted by molar-refractivity contribution is 9.10. The molecule has 3 N–H and O–H groups in total. The van der Waals surface area contributed by atoms with Crippen LogP contribution >= 0.6 is 15.9 Å². The molecule has 0 aliphatic heterocycles. The first kappa shape index (κ1) is 17.9. The van der Waals surface area contributed by atoms with Gasteiger partial charge >= 0.3 is 0 Å². The number of benzene rings is 1. The molecule has 0 spiro atoms. The Morgan fingerprint density at radius 3 is 2.57 bits per heavy atom. The fraction of sp³-hybridized carbons (Fsp3) is 0.462. The first-order chi connectivity index (χ1) is 9.70. The summed E-state index contributed by atoms with van der Waals surface area (Å²) in [5.41, 5.74) is 0.204. The van der Waals surface area contributed by atoms with E-state index in [1.165, 1.54) is 19.2 Å². The van der Waals surface area contributed by atoms with Crippen molar-refractivity contribution < 1.29 is 17.9 Å². The summed E-state index contributed by atoms with van der Waals surface area (Å²) in [6.45, 7) is 4.56. The lowest BCUT2D eigenvalue weighted by molar-refractivity contribution is 0.0947. The first-order valence-electron chi connectivity index (χ1n) is 6.39. The Morgan fingerprint density at radius 1 is 1.48 bits per heavy atom. The van der Waals surface area contributed by atoms with Gasteiger partial charge in [-0.1, -0.05) is 20.3 Å². The molecule has 0 heterocycles. The third-order valence-corrected chi connectivity index (χ3v) is 4.60. The highest BCUT2D eigenvalue weighted by atomic mass is 79.9. The third kappa shape index (κ3) is 4.69. The van der Waals surface area contributed by atoms with Crippen LogP contribution in [0.1, 0.15) is 30.6 Å². The highest BCUT2D eigenvalue weighted by Gasteiger charge is 2.21. The monoisotopic (exact) mass is 378 g/mol. The van der Waals surface area contributed by atoms with Crippen LogP contribution in [0.5, 0.6) is 5.75 Å². The predicted molar refractivity (Wildman–Crippen MR) is 83.9 cm³/mol. The standard InChI is InChI=1S/C13H19BrN2O4S/c1-4-8(2)7-16-13(17)9-5-10(14)12(20-3)11(6-9)21(15,18)19/h5-6,8H,4,7H2,1-3H3,(H,16,17)(H2,15,18,19). The fourth-order valence-corrected chi connectivity index (χ4v) is 3.12. The Bertz CT molecular complexity index is 631. The van der Waals surface area contributed by atoms with Crippen molar-refractivity contribution in [3.8, 4) is 5.75 Å². The topological polar surface area (TPSA) is 98.5 Å². The molecular formula is C13H19BrN2O4S. The van der Waals surface area contributed by atoms with E-state index in [-0.39, 0.29) is 22.1 Å². The number of nitrogens with two attached hydrogens (primary N) is 1. The molecule has 6 nitrogen and oxygen atoms in total. The number of hydrogen-bond acceptors (Lipinski definition) is 4. The molecule has 1 aromatic carbocycles. The molecular weight excluding hydrogens is 360 g/mol. The number of sulfonamides is 1. The molecule has 1 amide bonds. The zero-order valence-electron chi connectivity index (χ0n) is 12.1. The van der Waals surface area contributed by atoms with Gasteiger partial charge in [-0.25, -0.2) is 13.6 Å². The summed E-state index contributed by atoms with van der Waals surface area (Å²) in [6, 6.07) is 2.71. The molecule has 0 saturated carbocycles. The second-order valence-electron chi connectivity index (χ2n) is 4.76. The molecule has 0 bridgehead atoms. The minimum atomic E-state index is -4.00. The maximum atomic E-state index is 12.1. The number of amides is 1. The zero-order valence-corrected chi connectivity index (χ0v) is 14.5. The largest absolute Gasteiger partial charge is 0.494 e. The van der Waals surface area contributed by atoms with Gasteiger partial charge in [-0.15, -0.1) is 0 Å². The molecule has 0 saturated heterocycles. The molecule has 21 heavy (non-hydrogen) atoms. The maximum absolute atomic E-state index is 12.1. The molecule has 0 aliphatic rings. The van der Waals surface area contributed by atoms with Crippen LogP contribution in [0.2, 0.25) is 0 Å². The Hall–Kier alpha value is -1.12. The predicted octanol–water partition coefficient (Wildman–Crippen LogP) is 1.88. The molecule has 8 heteroatoms. The van der Waals surface area contributed by atoms with E-state index in [0.717, 1.165) is 6.42 Å². The Kier molecular flexibility index (Phi) is 6.18. The van der Waals surface area contributed by atoms with Gasteiger partial charge in [0, 0.05) is 12.1 Å². The summed E-state index contributed by atoms with van der Waals surface area (Å²) in [4.78, 5) is 11.9. The van der Waals surface area contributed by atoms with Crippen LogP contribution < -0.4 is 15.2 Å². The van der Waals surface area contributed by atoms with Crippen molar-refractivity contribution in [2.45, 2.75) is 25.2 Å². The number of methoxy groups -OCH3 is 1. The summed E-state index contributed by atoms with van der Waals surface area (Å²) >= 11 is 3.19. The molecule has 1 rings (SSSR count). The van der Waals surface area contributed by atoms with Crippen molar-refractivity contribution in [2.24, 2.45) is 11.1 Å². The average molecular weight is 379 g/mol. The van der Waals surface area contributed by atoms with Crippen molar-refractivity contribution in [3.63, 3.8) is 0 Å². The van der Waals surface area contributed by atoms with Gasteiger partial charge in [0.1, 0.15) is 4.90 Å². The van der Waals surface area contributed by atoms with Crippen LogP contribution in [0, 0.1) is 5.92 Å². The number of halogens is 1. The summed E-state index contributed by atoms with van der Waals surface area (Å²) < 4.78 is 28.6. The lowest BCUT2D eigenvalue weighted by Gasteiger charge is -2.13. The lowest BCUT2D eigenvalue weighted by Crippen LogP contribution is -2.28. The molecule has 0 radical (unpaired) electrons. The van der Waals surface area contributed by atoms with Gasteiger partial charge in [-0.3, -0.25) is 4.79 Å². The van der Waals surface area contributed by atoms with E-state index in [9.17, 15) is 13.2 Å². The number of carbonyl (C=O) groups is 1. The second-order valence-corrected chi connectivity index (χ2v) is 7.14. The molecule has 0 aliphatic carbocycles. The highest BCUT2D eigenvalue weighted by Crippen LogP contribution is 2.33. The van der Waals surface area contributed by atoms with E-state index in [4.69, 9.17) is 9.88 Å². The normalized spacial score (nSPS) is 12.8. The summed E-state index contributed by atoms with van der Waals surface area (Å²) in [6.07, 6.45) is 0.940. The third-order valence-electron chi connectivity index (χ3n) is 3.09. The maximum Gasteiger partial charge on any atom is 0.251 e. The Labute approximate surface area is 133 Å². The van der Waals surface area contributed by atoms with Crippen molar-refractivity contribution in [2.75, 3.05) is 13.7 Å². The van der Waals surface area contributed by atoms with Crippen LogP contribution in [-0.4, -0.2) is 28.0 Å². The number of hydrogen-bond donors (Lipinski definition) is 2. The first-order valence-corrected chi connectivity index (χ1v) is 8.73. The number of ether oxygens (including phenoxy) is 1. The SMILES string of the molecule is CCC(C)CNC(=O)c1cc(Br)c(OC)c(S(N)(=O)=O)c1. The minimum absolute atomic E-state index is 0.0796. The van der Waals surface area contributed by atoms with Crippen molar-refractivity contribution in [1.82, 2.24) is 5.32 Å². The quantitative estimate of drug-likeness (QED) is 0.789. The van der Waals surface area contributed by atoms with E-state index in [1.54, 1.807) is 0 Å². The van der Waals surface area contributed by atoms with E-state index < -0.39 is 10.0 Å². The van der Waals surface area contributed by atoms with Crippen molar-refractivity contribution >= 4 is 31.9 Å². The van der Waals surface area contributed by atoms with Crippen molar-refractivity contribution in [1.29, 1.82) is 0 Å². The molecule has 1 atom stereocenters. The van der Waals surface area contributed by atoms with Crippen LogP contribution in [0.4, 0.5) is 0 Å². The van der Waals surface area contributed by atoms with Crippen molar-refractivity contribution in [3.05, 3.63) is 22.2 Å². The van der Waals surface area contributed by atoms with Crippen LogP contribution in [0.25, 0.3) is 0 Å². The number of primary sulfonamides is 1. The molecule has 1 aromatic rings. The van der Waals surface area contributed by atoms with Gasteiger partial charge in [-0.05, 0) is 34.0 Å². The van der Waals surface area contributed by atoms with E-state index >= 15 is 0 Å². The van der Waals surface area contributed by atoms with E-state index in [1.807, 2.05) is 13.8 Å².